The van der Waals surface area contributed by atoms with Crippen LogP contribution in [0.4, 0.5) is 0 Å². The summed E-state index contributed by atoms with van der Waals surface area (Å²) < 4.78 is 0. The monoisotopic (exact) mass is 301 g/mol. The number of aromatic nitrogens is 1. The SMILES string of the molecule is CC(O)(Cc1ccc(Cl)cc1)C1CCCc2cccnc21. The van der Waals surface area contributed by atoms with Crippen LogP contribution in [-0.2, 0) is 12.8 Å². The number of fused-ring (bicyclic) bond motifs is 1. The van der Waals surface area contributed by atoms with Crippen molar-refractivity contribution in [2.75, 3.05) is 0 Å². The molecule has 2 atom stereocenters. The van der Waals surface area contributed by atoms with Crippen LogP contribution < -0.4 is 0 Å². The molecular formula is C18H20ClNO. The number of nitrogens with zero attached hydrogens (tertiary/aromatic N) is 1. The molecule has 0 spiro atoms. The van der Waals surface area contributed by atoms with Crippen molar-refractivity contribution >= 4 is 11.6 Å². The first-order valence-electron chi connectivity index (χ1n) is 7.47. The Labute approximate surface area is 130 Å². The molecule has 1 N–H and O–H groups in total. The van der Waals surface area contributed by atoms with Gasteiger partial charge in [0.2, 0.25) is 0 Å². The van der Waals surface area contributed by atoms with E-state index in [1.54, 1.807) is 0 Å². The molecule has 2 aromatic rings. The third kappa shape index (κ3) is 3.12. The summed E-state index contributed by atoms with van der Waals surface area (Å²) in [5.41, 5.74) is 2.66. The number of aryl methyl sites for hydroxylation is 1. The van der Waals surface area contributed by atoms with Gasteiger partial charge in [0.15, 0.2) is 0 Å². The largest absolute Gasteiger partial charge is 0.389 e. The second-order valence-electron chi connectivity index (χ2n) is 6.15. The maximum atomic E-state index is 11.0. The van der Waals surface area contributed by atoms with Gasteiger partial charge in [0.1, 0.15) is 0 Å². The Morgan fingerprint density at radius 3 is 2.81 bits per heavy atom. The summed E-state index contributed by atoms with van der Waals surface area (Å²) in [4.78, 5) is 4.54. The molecule has 1 heterocycles. The van der Waals surface area contributed by atoms with Gasteiger partial charge in [-0.15, -0.1) is 0 Å². The highest BCUT2D eigenvalue weighted by Crippen LogP contribution is 2.39. The molecule has 3 heteroatoms. The lowest BCUT2D eigenvalue weighted by atomic mass is 9.74. The highest BCUT2D eigenvalue weighted by Gasteiger charge is 2.36. The van der Waals surface area contributed by atoms with Crippen molar-refractivity contribution in [3.63, 3.8) is 0 Å². The maximum Gasteiger partial charge on any atom is 0.0743 e. The van der Waals surface area contributed by atoms with Gasteiger partial charge < -0.3 is 5.11 Å². The molecule has 3 rings (SSSR count). The summed E-state index contributed by atoms with van der Waals surface area (Å²) in [5.74, 6) is 0.0955. The summed E-state index contributed by atoms with van der Waals surface area (Å²) in [7, 11) is 0. The van der Waals surface area contributed by atoms with Crippen LogP contribution in [0.5, 0.6) is 0 Å². The van der Waals surface area contributed by atoms with Crippen molar-refractivity contribution in [1.82, 2.24) is 4.98 Å². The number of pyridine rings is 1. The number of hydrogen-bond donors (Lipinski definition) is 1. The molecule has 1 aromatic carbocycles. The number of hydrogen-bond acceptors (Lipinski definition) is 2. The van der Waals surface area contributed by atoms with Crippen molar-refractivity contribution in [3.05, 3.63) is 64.4 Å². The normalized spacial score (nSPS) is 20.6. The van der Waals surface area contributed by atoms with Crippen molar-refractivity contribution in [1.29, 1.82) is 0 Å². The minimum Gasteiger partial charge on any atom is -0.389 e. The van der Waals surface area contributed by atoms with E-state index in [9.17, 15) is 5.11 Å². The smallest absolute Gasteiger partial charge is 0.0743 e. The highest BCUT2D eigenvalue weighted by atomic mass is 35.5. The molecule has 0 radical (unpaired) electrons. The molecule has 1 aliphatic rings. The standard InChI is InChI=1S/C18H20ClNO/c1-18(21,12-13-7-9-15(19)10-8-13)16-6-2-4-14-5-3-11-20-17(14)16/h3,5,7-11,16,21H,2,4,6,12H2,1H3. The van der Waals surface area contributed by atoms with Crippen molar-refractivity contribution in [3.8, 4) is 0 Å². The quantitative estimate of drug-likeness (QED) is 0.924. The Balaban J connectivity index is 1.87. The molecule has 1 aromatic heterocycles. The van der Waals surface area contributed by atoms with Gasteiger partial charge in [-0.3, -0.25) is 4.98 Å². The highest BCUT2D eigenvalue weighted by molar-refractivity contribution is 6.30. The van der Waals surface area contributed by atoms with E-state index < -0.39 is 5.60 Å². The second-order valence-corrected chi connectivity index (χ2v) is 6.59. The average molecular weight is 302 g/mol. The average Bonchev–Trinajstić information content (AvgIpc) is 2.49. The minimum atomic E-state index is -0.794. The maximum absolute atomic E-state index is 11.0. The van der Waals surface area contributed by atoms with Gasteiger partial charge in [-0.1, -0.05) is 29.8 Å². The van der Waals surface area contributed by atoms with Crippen molar-refractivity contribution < 1.29 is 5.11 Å². The van der Waals surface area contributed by atoms with Crippen LogP contribution in [0.15, 0.2) is 42.6 Å². The Morgan fingerprint density at radius 2 is 2.05 bits per heavy atom. The Hall–Kier alpha value is -1.38. The van der Waals surface area contributed by atoms with Crippen LogP contribution in [0.1, 0.15) is 42.5 Å². The van der Waals surface area contributed by atoms with E-state index in [4.69, 9.17) is 11.6 Å². The second kappa shape index (κ2) is 5.78. The Kier molecular flexibility index (Phi) is 4.01. The zero-order chi connectivity index (χ0) is 14.9. The number of halogens is 1. The van der Waals surface area contributed by atoms with Crippen LogP contribution in [0, 0.1) is 0 Å². The summed E-state index contributed by atoms with van der Waals surface area (Å²) in [5, 5.41) is 11.8. The van der Waals surface area contributed by atoms with E-state index in [2.05, 4.69) is 11.1 Å². The summed E-state index contributed by atoms with van der Waals surface area (Å²) >= 11 is 5.93. The fourth-order valence-electron chi connectivity index (χ4n) is 3.35. The van der Waals surface area contributed by atoms with Gasteiger partial charge in [-0.05, 0) is 55.5 Å². The van der Waals surface area contributed by atoms with Crippen molar-refractivity contribution in [2.45, 2.75) is 44.1 Å². The topological polar surface area (TPSA) is 33.1 Å². The van der Waals surface area contributed by atoms with E-state index in [1.165, 1.54) is 5.56 Å². The molecule has 0 bridgehead atoms. The first-order valence-corrected chi connectivity index (χ1v) is 7.85. The van der Waals surface area contributed by atoms with E-state index in [1.807, 2.05) is 43.5 Å². The molecule has 21 heavy (non-hydrogen) atoms. The number of aliphatic hydroxyl groups is 1. The summed E-state index contributed by atoms with van der Waals surface area (Å²) in [6, 6.07) is 11.8. The van der Waals surface area contributed by atoms with Crippen LogP contribution in [0.25, 0.3) is 0 Å². The summed E-state index contributed by atoms with van der Waals surface area (Å²) in [6.45, 7) is 1.93. The lowest BCUT2D eigenvalue weighted by Crippen LogP contribution is -2.37. The van der Waals surface area contributed by atoms with Gasteiger partial charge in [0.25, 0.3) is 0 Å². The van der Waals surface area contributed by atoms with Crippen molar-refractivity contribution in [2.24, 2.45) is 0 Å². The molecule has 0 aliphatic heterocycles. The molecule has 110 valence electrons. The zero-order valence-electron chi connectivity index (χ0n) is 12.2. The van der Waals surface area contributed by atoms with Crippen LogP contribution in [-0.4, -0.2) is 15.7 Å². The third-order valence-electron chi connectivity index (χ3n) is 4.42. The fourth-order valence-corrected chi connectivity index (χ4v) is 3.48. The molecule has 0 amide bonds. The molecule has 2 unspecified atom stereocenters. The third-order valence-corrected chi connectivity index (χ3v) is 4.67. The molecule has 0 saturated heterocycles. The summed E-state index contributed by atoms with van der Waals surface area (Å²) in [6.07, 6.45) is 5.61. The predicted molar refractivity (Wildman–Crippen MR) is 85.7 cm³/mol. The van der Waals surface area contributed by atoms with Crippen LogP contribution >= 0.6 is 11.6 Å². The first-order chi connectivity index (χ1) is 10.1. The molecule has 0 saturated carbocycles. The Bertz CT molecular complexity index is 621. The fraction of sp³-hybridized carbons (Fsp3) is 0.389. The van der Waals surface area contributed by atoms with Crippen LogP contribution in [0.3, 0.4) is 0 Å². The predicted octanol–water partition coefficient (Wildman–Crippen LogP) is 4.15. The lowest BCUT2D eigenvalue weighted by molar-refractivity contribution is 0.0233. The van der Waals surface area contributed by atoms with Gasteiger partial charge >= 0.3 is 0 Å². The van der Waals surface area contributed by atoms with Crippen LogP contribution in [0.2, 0.25) is 5.02 Å². The zero-order valence-corrected chi connectivity index (χ0v) is 13.0. The minimum absolute atomic E-state index is 0.0955. The lowest BCUT2D eigenvalue weighted by Gasteiger charge is -2.36. The van der Waals surface area contributed by atoms with E-state index >= 15 is 0 Å². The van der Waals surface area contributed by atoms with Gasteiger partial charge in [0.05, 0.1) is 5.60 Å². The van der Waals surface area contributed by atoms with Gasteiger partial charge in [-0.2, -0.15) is 0 Å². The van der Waals surface area contributed by atoms with E-state index in [0.29, 0.717) is 6.42 Å². The Morgan fingerprint density at radius 1 is 1.29 bits per heavy atom. The molecule has 1 aliphatic carbocycles. The number of benzene rings is 1. The number of rotatable bonds is 3. The first kappa shape index (κ1) is 14.6. The molecule has 0 fully saturated rings. The van der Waals surface area contributed by atoms with E-state index in [-0.39, 0.29) is 5.92 Å². The van der Waals surface area contributed by atoms with E-state index in [0.717, 1.165) is 35.5 Å². The molecule has 2 nitrogen and oxygen atoms in total. The molecular weight excluding hydrogens is 282 g/mol. The van der Waals surface area contributed by atoms with Gasteiger partial charge in [0, 0.05) is 29.3 Å². The van der Waals surface area contributed by atoms with Gasteiger partial charge in [-0.25, -0.2) is 0 Å².